The fourth-order valence-electron chi connectivity index (χ4n) is 2.89. The van der Waals surface area contributed by atoms with E-state index in [2.05, 4.69) is 24.1 Å². The molecule has 150 valence electrons. The van der Waals surface area contributed by atoms with Gasteiger partial charge in [0.1, 0.15) is 0 Å². The van der Waals surface area contributed by atoms with E-state index in [-0.39, 0.29) is 11.8 Å². The summed E-state index contributed by atoms with van der Waals surface area (Å²) in [7, 11) is 0. The highest BCUT2D eigenvalue weighted by Crippen LogP contribution is 2.24. The molecule has 0 unspecified atom stereocenters. The van der Waals surface area contributed by atoms with Gasteiger partial charge in [-0.15, -0.1) is 5.10 Å². The maximum atomic E-state index is 12.6. The first kappa shape index (κ1) is 20.8. The molecule has 1 aliphatic heterocycles. The van der Waals surface area contributed by atoms with Gasteiger partial charge < -0.3 is 5.73 Å². The van der Waals surface area contributed by atoms with Gasteiger partial charge in [-0.25, -0.2) is 0 Å². The molecule has 0 radical (unpaired) electrons. The number of hydrogen-bond donors (Lipinski definition) is 1. The Labute approximate surface area is 174 Å². The average Bonchev–Trinajstić information content (AvgIpc) is 2.95. The van der Waals surface area contributed by atoms with Crippen molar-refractivity contribution in [2.45, 2.75) is 26.0 Å². The van der Waals surface area contributed by atoms with Crippen molar-refractivity contribution in [3.8, 4) is 0 Å². The van der Waals surface area contributed by atoms with Crippen molar-refractivity contribution >= 4 is 35.0 Å². The van der Waals surface area contributed by atoms with Crippen LogP contribution in [0, 0.1) is 5.92 Å². The maximum Gasteiger partial charge on any atom is 0.261 e. The summed E-state index contributed by atoms with van der Waals surface area (Å²) in [6.45, 7) is 4.57. The summed E-state index contributed by atoms with van der Waals surface area (Å²) in [6, 6.07) is 15.1. The molecule has 0 fully saturated rings. The van der Waals surface area contributed by atoms with E-state index in [0.29, 0.717) is 40.1 Å². The zero-order valence-electron chi connectivity index (χ0n) is 16.5. The largest absolute Gasteiger partial charge is 0.377 e. The lowest BCUT2D eigenvalue weighted by molar-refractivity contribution is 0.0648. The van der Waals surface area contributed by atoms with E-state index >= 15 is 0 Å². The van der Waals surface area contributed by atoms with Crippen LogP contribution in [0.15, 0.2) is 58.7 Å². The highest BCUT2D eigenvalue weighted by atomic mass is 32.2. The summed E-state index contributed by atoms with van der Waals surface area (Å²) in [4.78, 5) is 26.4. The molecule has 2 amide bonds. The summed E-state index contributed by atoms with van der Waals surface area (Å²) >= 11 is 1.40. The molecule has 29 heavy (non-hydrogen) atoms. The minimum atomic E-state index is -0.248. The maximum absolute atomic E-state index is 12.6. The van der Waals surface area contributed by atoms with Gasteiger partial charge in [-0.2, -0.15) is 5.10 Å². The number of nitrogens with zero attached hydrogens (tertiary/aromatic N) is 3. The van der Waals surface area contributed by atoms with Crippen molar-refractivity contribution in [2.24, 2.45) is 21.9 Å². The fraction of sp³-hybridized carbons (Fsp3) is 0.273. The number of nitrogens with two attached hydrogens (primary N) is 1. The van der Waals surface area contributed by atoms with Crippen molar-refractivity contribution < 1.29 is 9.59 Å². The predicted octanol–water partition coefficient (Wildman–Crippen LogP) is 3.91. The second-order valence-corrected chi connectivity index (χ2v) is 8.20. The average molecular weight is 409 g/mol. The third-order valence-electron chi connectivity index (χ3n) is 4.52. The van der Waals surface area contributed by atoms with Crippen LogP contribution < -0.4 is 5.73 Å². The third-order valence-corrected chi connectivity index (χ3v) is 5.37. The van der Waals surface area contributed by atoms with E-state index in [4.69, 9.17) is 5.73 Å². The van der Waals surface area contributed by atoms with Gasteiger partial charge in [0.15, 0.2) is 5.17 Å². The van der Waals surface area contributed by atoms with Gasteiger partial charge in [-0.05, 0) is 35.6 Å². The molecule has 2 N–H and O–H groups in total. The minimum Gasteiger partial charge on any atom is -0.377 e. The summed E-state index contributed by atoms with van der Waals surface area (Å²) in [6.07, 6.45) is 2.32. The molecule has 6 nitrogen and oxygen atoms in total. The lowest BCUT2D eigenvalue weighted by atomic mass is 10.1. The second-order valence-electron chi connectivity index (χ2n) is 7.21. The van der Waals surface area contributed by atoms with Crippen molar-refractivity contribution in [2.75, 3.05) is 6.54 Å². The molecular formula is C22H24N4O2S. The number of carbonyl (C=O) groups is 2. The quantitative estimate of drug-likeness (QED) is 0.326. The van der Waals surface area contributed by atoms with Crippen LogP contribution in [0.2, 0.25) is 0 Å². The minimum absolute atomic E-state index is 0.228. The van der Waals surface area contributed by atoms with Gasteiger partial charge >= 0.3 is 0 Å². The normalized spacial score (nSPS) is 14.3. The monoisotopic (exact) mass is 408 g/mol. The van der Waals surface area contributed by atoms with Gasteiger partial charge in [0.2, 0.25) is 0 Å². The van der Waals surface area contributed by atoms with Gasteiger partial charge in [-0.3, -0.25) is 14.5 Å². The SMILES string of the molecule is CC(C)CCN1C(=O)c2ccc(C=NN=C(N)SCc3ccccc3)cc2C1=O. The van der Waals surface area contributed by atoms with Gasteiger partial charge in [-0.1, -0.05) is 62.0 Å². The van der Waals surface area contributed by atoms with Crippen LogP contribution in [0.3, 0.4) is 0 Å². The molecule has 0 aromatic heterocycles. The summed E-state index contributed by atoms with van der Waals surface area (Å²) in [5, 5.41) is 8.36. The van der Waals surface area contributed by atoms with Crippen molar-refractivity contribution in [3.63, 3.8) is 0 Å². The Bertz CT molecular complexity index is 955. The van der Waals surface area contributed by atoms with Crippen LogP contribution in [-0.2, 0) is 5.75 Å². The van der Waals surface area contributed by atoms with E-state index in [1.54, 1.807) is 18.2 Å². The number of fused-ring (bicyclic) bond motifs is 1. The first-order valence-corrected chi connectivity index (χ1v) is 10.5. The van der Waals surface area contributed by atoms with E-state index in [1.165, 1.54) is 22.9 Å². The number of hydrogen-bond acceptors (Lipinski definition) is 5. The predicted molar refractivity (Wildman–Crippen MR) is 118 cm³/mol. The molecule has 3 rings (SSSR count). The molecule has 1 heterocycles. The van der Waals surface area contributed by atoms with Crippen LogP contribution in [-0.4, -0.2) is 34.6 Å². The van der Waals surface area contributed by atoms with Crippen LogP contribution in [0.25, 0.3) is 0 Å². The highest BCUT2D eigenvalue weighted by molar-refractivity contribution is 8.13. The van der Waals surface area contributed by atoms with E-state index in [9.17, 15) is 9.59 Å². The summed E-state index contributed by atoms with van der Waals surface area (Å²) < 4.78 is 0. The first-order chi connectivity index (χ1) is 14.0. The molecule has 0 spiro atoms. The molecule has 1 aliphatic rings. The van der Waals surface area contributed by atoms with Gasteiger partial charge in [0, 0.05) is 12.3 Å². The Hall–Kier alpha value is -2.93. The zero-order chi connectivity index (χ0) is 20.8. The Morgan fingerprint density at radius 3 is 2.55 bits per heavy atom. The zero-order valence-corrected chi connectivity index (χ0v) is 17.4. The number of benzene rings is 2. The van der Waals surface area contributed by atoms with Crippen LogP contribution in [0.4, 0.5) is 0 Å². The molecule has 0 saturated carbocycles. The van der Waals surface area contributed by atoms with E-state index in [1.807, 2.05) is 30.3 Å². The molecule has 0 bridgehead atoms. The molecule has 0 atom stereocenters. The topological polar surface area (TPSA) is 88.1 Å². The van der Waals surface area contributed by atoms with Crippen LogP contribution in [0.5, 0.6) is 0 Å². The Kier molecular flexibility index (Phi) is 6.82. The number of imide groups is 1. The van der Waals surface area contributed by atoms with Crippen molar-refractivity contribution in [1.82, 2.24) is 4.90 Å². The van der Waals surface area contributed by atoms with E-state index < -0.39 is 0 Å². The number of amides is 2. The Balaban J connectivity index is 1.63. The summed E-state index contributed by atoms with van der Waals surface area (Å²) in [5.41, 5.74) is 8.59. The molecule has 0 aliphatic carbocycles. The molecule has 0 saturated heterocycles. The molecular weight excluding hydrogens is 384 g/mol. The smallest absolute Gasteiger partial charge is 0.261 e. The van der Waals surface area contributed by atoms with Crippen LogP contribution >= 0.6 is 11.8 Å². The summed E-state index contributed by atoms with van der Waals surface area (Å²) in [5.74, 6) is 0.661. The second kappa shape index (κ2) is 9.52. The van der Waals surface area contributed by atoms with E-state index in [0.717, 1.165) is 12.0 Å². The number of thioether (sulfide) groups is 1. The van der Waals surface area contributed by atoms with Crippen molar-refractivity contribution in [3.05, 3.63) is 70.8 Å². The van der Waals surface area contributed by atoms with Gasteiger partial charge in [0.25, 0.3) is 11.8 Å². The molecule has 2 aromatic rings. The Morgan fingerprint density at radius 2 is 1.83 bits per heavy atom. The number of carbonyl (C=O) groups excluding carboxylic acids is 2. The first-order valence-electron chi connectivity index (χ1n) is 9.49. The third kappa shape index (κ3) is 5.32. The van der Waals surface area contributed by atoms with Crippen molar-refractivity contribution in [1.29, 1.82) is 0 Å². The highest BCUT2D eigenvalue weighted by Gasteiger charge is 2.35. The number of rotatable bonds is 7. The lowest BCUT2D eigenvalue weighted by Crippen LogP contribution is -2.31. The Morgan fingerprint density at radius 1 is 1.10 bits per heavy atom. The standard InChI is InChI=1S/C22H24N4O2S/c1-15(2)10-11-26-20(27)18-9-8-17(12-19(18)21(26)28)13-24-25-22(23)29-14-16-6-4-3-5-7-16/h3-9,12-13,15H,10-11,14H2,1-2H3,(H2,23,25). The number of amidine groups is 1. The lowest BCUT2D eigenvalue weighted by Gasteiger charge is -2.14. The molecule has 2 aromatic carbocycles. The van der Waals surface area contributed by atoms with Crippen LogP contribution in [0.1, 0.15) is 52.1 Å². The fourth-order valence-corrected chi connectivity index (χ4v) is 3.50. The molecule has 7 heteroatoms. The van der Waals surface area contributed by atoms with Gasteiger partial charge in [0.05, 0.1) is 17.3 Å².